The minimum absolute atomic E-state index is 0.299. The predicted molar refractivity (Wildman–Crippen MR) is 65.3 cm³/mol. The summed E-state index contributed by atoms with van der Waals surface area (Å²) in [7, 11) is -3.17. The maximum absolute atomic E-state index is 11.3. The largest absolute Gasteiger partial charge is 0.327 e. The molecule has 82 valence electrons. The van der Waals surface area contributed by atoms with E-state index in [1.165, 1.54) is 6.26 Å². The fraction of sp³-hybridized carbons (Fsp3) is 0.200. The third kappa shape index (κ3) is 3.44. The van der Waals surface area contributed by atoms with E-state index >= 15 is 0 Å². The van der Waals surface area contributed by atoms with Gasteiger partial charge < -0.3 is 5.73 Å². The Labute approximate surface area is 98.0 Å². The second-order valence-electron chi connectivity index (χ2n) is 3.10. The Morgan fingerprint density at radius 3 is 2.60 bits per heavy atom. The van der Waals surface area contributed by atoms with Gasteiger partial charge in [0.25, 0.3) is 0 Å². The molecule has 0 atom stereocenters. The van der Waals surface area contributed by atoms with Crippen LogP contribution in [0.2, 0.25) is 0 Å². The monoisotopic (exact) mass is 289 g/mol. The third-order valence-electron chi connectivity index (χ3n) is 1.80. The van der Waals surface area contributed by atoms with Crippen LogP contribution in [0, 0.1) is 0 Å². The molecule has 0 aliphatic rings. The van der Waals surface area contributed by atoms with Crippen molar-refractivity contribution in [2.24, 2.45) is 5.73 Å². The van der Waals surface area contributed by atoms with Crippen molar-refractivity contribution in [2.45, 2.75) is 4.90 Å². The minimum Gasteiger partial charge on any atom is -0.327 e. The summed E-state index contributed by atoms with van der Waals surface area (Å²) in [6, 6.07) is 5.07. The van der Waals surface area contributed by atoms with Crippen LogP contribution in [0.4, 0.5) is 0 Å². The minimum atomic E-state index is -3.17. The van der Waals surface area contributed by atoms with Crippen molar-refractivity contribution in [1.29, 1.82) is 0 Å². The van der Waals surface area contributed by atoms with Crippen LogP contribution in [0.5, 0.6) is 0 Å². The molecule has 0 spiro atoms. The van der Waals surface area contributed by atoms with Gasteiger partial charge >= 0.3 is 0 Å². The van der Waals surface area contributed by atoms with Crippen LogP contribution in [-0.4, -0.2) is 21.2 Å². The smallest absolute Gasteiger partial charge is 0.176 e. The molecule has 1 aromatic rings. The summed E-state index contributed by atoms with van der Waals surface area (Å²) < 4.78 is 23.2. The van der Waals surface area contributed by atoms with Gasteiger partial charge in [-0.1, -0.05) is 18.2 Å². The van der Waals surface area contributed by atoms with E-state index < -0.39 is 9.84 Å². The van der Waals surface area contributed by atoms with Gasteiger partial charge in [0.05, 0.1) is 4.90 Å². The van der Waals surface area contributed by atoms with Crippen molar-refractivity contribution in [3.8, 4) is 0 Å². The molecule has 0 saturated carbocycles. The summed E-state index contributed by atoms with van der Waals surface area (Å²) >= 11 is 3.23. The molecule has 1 aromatic carbocycles. The van der Waals surface area contributed by atoms with Gasteiger partial charge in [-0.05, 0) is 33.6 Å². The first-order chi connectivity index (χ1) is 6.95. The van der Waals surface area contributed by atoms with Crippen LogP contribution < -0.4 is 5.73 Å². The van der Waals surface area contributed by atoms with Gasteiger partial charge in [0.2, 0.25) is 0 Å². The van der Waals surface area contributed by atoms with Crippen molar-refractivity contribution in [3.05, 3.63) is 34.3 Å². The Balaban J connectivity index is 3.15. The molecule has 0 amide bonds. The van der Waals surface area contributed by atoms with Gasteiger partial charge in [0.1, 0.15) is 0 Å². The van der Waals surface area contributed by atoms with E-state index in [9.17, 15) is 8.42 Å². The van der Waals surface area contributed by atoms with Gasteiger partial charge in [-0.15, -0.1) is 0 Å². The second kappa shape index (κ2) is 4.92. The van der Waals surface area contributed by atoms with E-state index in [0.29, 0.717) is 15.9 Å². The Morgan fingerprint density at radius 1 is 1.47 bits per heavy atom. The summed E-state index contributed by atoms with van der Waals surface area (Å²) in [4.78, 5) is 0.299. The molecule has 5 heteroatoms. The van der Waals surface area contributed by atoms with Crippen LogP contribution >= 0.6 is 15.9 Å². The molecule has 0 heterocycles. The van der Waals surface area contributed by atoms with Crippen molar-refractivity contribution in [1.82, 2.24) is 0 Å². The molecular weight excluding hydrogens is 278 g/mol. The van der Waals surface area contributed by atoms with Crippen LogP contribution in [-0.2, 0) is 9.84 Å². The predicted octanol–water partition coefficient (Wildman–Crippen LogP) is 1.82. The summed E-state index contributed by atoms with van der Waals surface area (Å²) in [6.07, 6.45) is 4.83. The number of hydrogen-bond donors (Lipinski definition) is 1. The molecule has 0 aromatic heterocycles. The molecule has 1 rings (SSSR count). The second-order valence-corrected chi connectivity index (χ2v) is 5.94. The highest BCUT2D eigenvalue weighted by Crippen LogP contribution is 2.23. The fourth-order valence-corrected chi connectivity index (χ4v) is 3.13. The molecule has 0 unspecified atom stereocenters. The molecule has 0 bridgehead atoms. The highest BCUT2D eigenvalue weighted by atomic mass is 79.9. The number of benzene rings is 1. The zero-order chi connectivity index (χ0) is 11.5. The SMILES string of the molecule is CS(=O)(=O)c1ccc(/C=C/CN)cc1Br. The number of rotatable bonds is 3. The first-order valence-electron chi connectivity index (χ1n) is 4.31. The number of nitrogens with two attached hydrogens (primary N) is 1. The first-order valence-corrected chi connectivity index (χ1v) is 7.00. The zero-order valence-electron chi connectivity index (χ0n) is 8.27. The Hall–Kier alpha value is -0.650. The summed E-state index contributed by atoms with van der Waals surface area (Å²) in [5.74, 6) is 0. The van der Waals surface area contributed by atoms with Crippen molar-refractivity contribution in [2.75, 3.05) is 12.8 Å². The maximum Gasteiger partial charge on any atom is 0.176 e. The average molecular weight is 290 g/mol. The van der Waals surface area contributed by atoms with Crippen molar-refractivity contribution >= 4 is 31.8 Å². The van der Waals surface area contributed by atoms with Gasteiger partial charge in [0, 0.05) is 17.3 Å². The van der Waals surface area contributed by atoms with E-state index in [4.69, 9.17) is 5.73 Å². The lowest BCUT2D eigenvalue weighted by atomic mass is 10.2. The third-order valence-corrected chi connectivity index (χ3v) is 3.88. The van der Waals surface area contributed by atoms with Crippen molar-refractivity contribution < 1.29 is 8.42 Å². The Kier molecular flexibility index (Phi) is 4.07. The molecule has 2 N–H and O–H groups in total. The van der Waals surface area contributed by atoms with Crippen LogP contribution in [0.3, 0.4) is 0 Å². The molecule has 0 radical (unpaired) electrons. The molecule has 0 aliphatic carbocycles. The summed E-state index contributed by atoms with van der Waals surface area (Å²) in [6.45, 7) is 0.464. The first kappa shape index (κ1) is 12.4. The topological polar surface area (TPSA) is 60.2 Å². The normalized spacial score (nSPS) is 12.2. The number of halogens is 1. The zero-order valence-corrected chi connectivity index (χ0v) is 10.7. The fourth-order valence-electron chi connectivity index (χ4n) is 1.13. The van der Waals surface area contributed by atoms with Gasteiger partial charge in [-0.25, -0.2) is 8.42 Å². The van der Waals surface area contributed by atoms with Crippen molar-refractivity contribution in [3.63, 3.8) is 0 Å². The van der Waals surface area contributed by atoms with E-state index in [-0.39, 0.29) is 0 Å². The average Bonchev–Trinajstić information content (AvgIpc) is 2.12. The Bertz CT molecular complexity index is 480. The van der Waals surface area contributed by atoms with Gasteiger partial charge in [-0.2, -0.15) is 0 Å². The van der Waals surface area contributed by atoms with E-state index in [0.717, 1.165) is 5.56 Å². The molecule has 0 saturated heterocycles. The summed E-state index contributed by atoms with van der Waals surface area (Å²) in [5.41, 5.74) is 6.24. The van der Waals surface area contributed by atoms with Crippen LogP contribution in [0.25, 0.3) is 6.08 Å². The summed E-state index contributed by atoms with van der Waals surface area (Å²) in [5, 5.41) is 0. The van der Waals surface area contributed by atoms with E-state index in [2.05, 4.69) is 15.9 Å². The highest BCUT2D eigenvalue weighted by molar-refractivity contribution is 9.10. The number of hydrogen-bond acceptors (Lipinski definition) is 3. The molecule has 15 heavy (non-hydrogen) atoms. The van der Waals surface area contributed by atoms with Gasteiger partial charge in [0.15, 0.2) is 9.84 Å². The van der Waals surface area contributed by atoms with Crippen LogP contribution in [0.1, 0.15) is 5.56 Å². The van der Waals surface area contributed by atoms with E-state index in [1.54, 1.807) is 18.2 Å². The lowest BCUT2D eigenvalue weighted by Crippen LogP contribution is -1.98. The molecular formula is C10H12BrNO2S. The quantitative estimate of drug-likeness (QED) is 0.923. The van der Waals surface area contributed by atoms with Gasteiger partial charge in [-0.3, -0.25) is 0 Å². The maximum atomic E-state index is 11.3. The van der Waals surface area contributed by atoms with E-state index in [1.807, 2.05) is 12.2 Å². The standard InChI is InChI=1S/C10H12BrNO2S/c1-15(13,14)10-5-4-8(3-2-6-12)7-9(10)11/h2-5,7H,6,12H2,1H3/b3-2+. The molecule has 0 fully saturated rings. The molecule has 3 nitrogen and oxygen atoms in total. The number of sulfone groups is 1. The lowest BCUT2D eigenvalue weighted by molar-refractivity contribution is 0.601. The lowest BCUT2D eigenvalue weighted by Gasteiger charge is -2.02. The highest BCUT2D eigenvalue weighted by Gasteiger charge is 2.10. The Morgan fingerprint density at radius 2 is 2.13 bits per heavy atom. The molecule has 0 aliphatic heterocycles. The van der Waals surface area contributed by atoms with Crippen LogP contribution in [0.15, 0.2) is 33.6 Å².